The Bertz CT molecular complexity index is 825. The van der Waals surface area contributed by atoms with Crippen LogP contribution < -0.4 is 10.6 Å². The van der Waals surface area contributed by atoms with Gasteiger partial charge in [0.1, 0.15) is 5.82 Å². The molecule has 0 spiro atoms. The Balaban J connectivity index is 1.81. The molecule has 3 amide bonds. The first-order valence-corrected chi connectivity index (χ1v) is 9.01. The highest BCUT2D eigenvalue weighted by Gasteiger charge is 2.13. The summed E-state index contributed by atoms with van der Waals surface area (Å²) in [6, 6.07) is 5.17. The zero-order valence-electron chi connectivity index (χ0n) is 14.8. The van der Waals surface area contributed by atoms with Crippen LogP contribution in [-0.4, -0.2) is 45.9 Å². The Morgan fingerprint density at radius 2 is 2.11 bits per heavy atom. The third-order valence-electron chi connectivity index (χ3n) is 3.05. The van der Waals surface area contributed by atoms with Crippen LogP contribution in [0.5, 0.6) is 0 Å². The second-order valence-electron chi connectivity index (χ2n) is 5.69. The molecular weight excluding hydrogens is 375 g/mol. The van der Waals surface area contributed by atoms with Crippen LogP contribution >= 0.6 is 11.8 Å². The van der Waals surface area contributed by atoms with E-state index in [4.69, 9.17) is 4.74 Å². The van der Waals surface area contributed by atoms with E-state index >= 15 is 0 Å². The van der Waals surface area contributed by atoms with E-state index in [-0.39, 0.29) is 17.6 Å². The summed E-state index contributed by atoms with van der Waals surface area (Å²) in [6.07, 6.45) is 3.17. The lowest BCUT2D eigenvalue weighted by molar-refractivity contribution is -0.145. The van der Waals surface area contributed by atoms with E-state index in [1.807, 2.05) is 5.32 Å². The van der Waals surface area contributed by atoms with E-state index < -0.39 is 24.5 Å². The highest BCUT2D eigenvalue weighted by molar-refractivity contribution is 7.99. The Morgan fingerprint density at radius 1 is 1.33 bits per heavy atom. The topological polar surface area (TPSA) is 102 Å². The van der Waals surface area contributed by atoms with E-state index in [9.17, 15) is 18.8 Å². The first kappa shape index (κ1) is 20.4. The molecule has 0 radical (unpaired) electrons. The molecule has 0 aliphatic rings. The summed E-state index contributed by atoms with van der Waals surface area (Å²) < 4.78 is 19.8. The van der Waals surface area contributed by atoms with Crippen LogP contribution in [0.1, 0.15) is 13.8 Å². The number of hydrogen-bond donors (Lipinski definition) is 2. The zero-order valence-corrected chi connectivity index (χ0v) is 15.6. The fourth-order valence-corrected chi connectivity index (χ4v) is 2.76. The van der Waals surface area contributed by atoms with Gasteiger partial charge in [-0.3, -0.25) is 19.5 Å². The molecule has 1 aromatic carbocycles. The van der Waals surface area contributed by atoms with Gasteiger partial charge in [0.15, 0.2) is 11.8 Å². The van der Waals surface area contributed by atoms with E-state index in [1.165, 1.54) is 18.3 Å². The minimum atomic E-state index is -0.729. The van der Waals surface area contributed by atoms with Gasteiger partial charge in [-0.15, -0.1) is 0 Å². The number of nitrogens with zero attached hydrogens (tertiary/aromatic N) is 2. The van der Waals surface area contributed by atoms with Gasteiger partial charge in [-0.25, -0.2) is 14.2 Å². The van der Waals surface area contributed by atoms with Crippen LogP contribution in [0.2, 0.25) is 0 Å². The number of nitrogens with one attached hydrogen (secondary N) is 2. The van der Waals surface area contributed by atoms with Crippen LogP contribution in [0.4, 0.5) is 9.18 Å². The maximum absolute atomic E-state index is 13.4. The van der Waals surface area contributed by atoms with Gasteiger partial charge in [-0.2, -0.15) is 0 Å². The van der Waals surface area contributed by atoms with Crippen molar-refractivity contribution >= 4 is 29.7 Å². The fraction of sp³-hybridized carbons (Fsp3) is 0.294. The Hall–Kier alpha value is -2.88. The summed E-state index contributed by atoms with van der Waals surface area (Å²) >= 11 is 1.08. The number of rotatable bonds is 7. The summed E-state index contributed by atoms with van der Waals surface area (Å²) in [6.45, 7) is 2.92. The molecule has 10 heteroatoms. The molecule has 2 rings (SSSR count). The number of urea groups is 1. The number of esters is 1. The van der Waals surface area contributed by atoms with Gasteiger partial charge in [0.2, 0.25) is 0 Å². The first-order valence-electron chi connectivity index (χ1n) is 8.03. The number of hydrogen-bond acceptors (Lipinski definition) is 6. The summed E-state index contributed by atoms with van der Waals surface area (Å²) in [7, 11) is 0. The highest BCUT2D eigenvalue weighted by Crippen LogP contribution is 2.21. The number of halogens is 1. The number of carbonyl (C=O) groups is 3. The number of ether oxygens (including phenoxy) is 1. The average molecular weight is 394 g/mol. The van der Waals surface area contributed by atoms with Crippen molar-refractivity contribution in [2.24, 2.45) is 0 Å². The summed E-state index contributed by atoms with van der Waals surface area (Å²) in [5.41, 5.74) is 0.568. The molecule has 0 aliphatic heterocycles. The number of aromatic nitrogens is 2. The molecule has 0 aliphatic carbocycles. The molecule has 27 heavy (non-hydrogen) atoms. The predicted molar refractivity (Wildman–Crippen MR) is 97.0 cm³/mol. The highest BCUT2D eigenvalue weighted by atomic mass is 32.2. The van der Waals surface area contributed by atoms with Crippen LogP contribution in [0, 0.1) is 5.82 Å². The number of amides is 3. The van der Waals surface area contributed by atoms with Gasteiger partial charge in [0.05, 0.1) is 11.4 Å². The maximum atomic E-state index is 13.4. The monoisotopic (exact) mass is 394 g/mol. The predicted octanol–water partition coefficient (Wildman–Crippen LogP) is 1.88. The van der Waals surface area contributed by atoms with Crippen LogP contribution in [0.15, 0.2) is 41.8 Å². The molecule has 1 aromatic heterocycles. The average Bonchev–Trinajstić information content (AvgIpc) is 3.06. The van der Waals surface area contributed by atoms with E-state index in [0.717, 1.165) is 11.8 Å². The van der Waals surface area contributed by atoms with Crippen LogP contribution in [-0.2, 0) is 14.3 Å². The van der Waals surface area contributed by atoms with Crippen molar-refractivity contribution in [3.05, 3.63) is 42.5 Å². The fourth-order valence-electron chi connectivity index (χ4n) is 1.99. The number of thioether (sulfide) groups is 1. The molecule has 0 saturated carbocycles. The second kappa shape index (κ2) is 9.72. The third kappa shape index (κ3) is 6.74. The van der Waals surface area contributed by atoms with Crippen molar-refractivity contribution in [2.45, 2.75) is 25.0 Å². The van der Waals surface area contributed by atoms with Crippen molar-refractivity contribution in [1.29, 1.82) is 0 Å². The standard InChI is InChI=1S/C17H19FN4O4S/c1-11(2)20-16(25)21-14(23)9-26-15(24)10-27-17-19-6-7-22(17)13-5-3-4-12(18)8-13/h3-8,11H,9-10H2,1-2H3,(H2,20,21,23,25). The van der Waals surface area contributed by atoms with Gasteiger partial charge in [0, 0.05) is 18.4 Å². The molecule has 0 fully saturated rings. The molecule has 0 saturated heterocycles. The van der Waals surface area contributed by atoms with E-state index in [0.29, 0.717) is 10.8 Å². The van der Waals surface area contributed by atoms with Crippen molar-refractivity contribution in [2.75, 3.05) is 12.4 Å². The minimum absolute atomic E-state index is 0.0994. The molecule has 2 aromatic rings. The lowest BCUT2D eigenvalue weighted by atomic mass is 10.3. The molecule has 1 heterocycles. The molecule has 2 N–H and O–H groups in total. The lowest BCUT2D eigenvalue weighted by Gasteiger charge is -2.09. The first-order chi connectivity index (χ1) is 12.8. The zero-order chi connectivity index (χ0) is 19.8. The normalized spacial score (nSPS) is 10.5. The molecular formula is C17H19FN4O4S. The van der Waals surface area contributed by atoms with Gasteiger partial charge >= 0.3 is 12.0 Å². The van der Waals surface area contributed by atoms with Crippen molar-refractivity contribution in [1.82, 2.24) is 20.2 Å². The number of benzene rings is 1. The van der Waals surface area contributed by atoms with Crippen molar-refractivity contribution in [3.8, 4) is 5.69 Å². The second-order valence-corrected chi connectivity index (χ2v) is 6.63. The number of imide groups is 1. The van der Waals surface area contributed by atoms with E-state index in [2.05, 4.69) is 10.3 Å². The van der Waals surface area contributed by atoms with Crippen molar-refractivity contribution < 1.29 is 23.5 Å². The smallest absolute Gasteiger partial charge is 0.321 e. The Kier molecular flexibility index (Phi) is 7.35. The summed E-state index contributed by atoms with van der Waals surface area (Å²) in [5.74, 6) is -1.86. The Labute approximate surface area is 159 Å². The number of imidazole rings is 1. The maximum Gasteiger partial charge on any atom is 0.321 e. The van der Waals surface area contributed by atoms with Gasteiger partial charge < -0.3 is 10.1 Å². The minimum Gasteiger partial charge on any atom is -0.455 e. The summed E-state index contributed by atoms with van der Waals surface area (Å²) in [4.78, 5) is 38.8. The largest absolute Gasteiger partial charge is 0.455 e. The quantitative estimate of drug-likeness (QED) is 0.549. The third-order valence-corrected chi connectivity index (χ3v) is 3.99. The van der Waals surface area contributed by atoms with Crippen LogP contribution in [0.3, 0.4) is 0 Å². The van der Waals surface area contributed by atoms with Gasteiger partial charge in [0.25, 0.3) is 5.91 Å². The molecule has 0 unspecified atom stereocenters. The number of carbonyl (C=O) groups excluding carboxylic acids is 3. The molecule has 0 bridgehead atoms. The molecule has 0 atom stereocenters. The molecule has 8 nitrogen and oxygen atoms in total. The van der Waals surface area contributed by atoms with Crippen LogP contribution in [0.25, 0.3) is 5.69 Å². The van der Waals surface area contributed by atoms with Crippen molar-refractivity contribution in [3.63, 3.8) is 0 Å². The SMILES string of the molecule is CC(C)NC(=O)NC(=O)COC(=O)CSc1nccn1-c1cccc(F)c1. The van der Waals surface area contributed by atoms with E-state index in [1.54, 1.807) is 36.7 Å². The molecule has 144 valence electrons. The lowest BCUT2D eigenvalue weighted by Crippen LogP contribution is -2.44. The van der Waals surface area contributed by atoms with Gasteiger partial charge in [-0.1, -0.05) is 17.8 Å². The van der Waals surface area contributed by atoms with Gasteiger partial charge in [-0.05, 0) is 32.0 Å². The summed E-state index contributed by atoms with van der Waals surface area (Å²) in [5, 5.41) is 5.00. The Morgan fingerprint density at radius 3 is 2.81 bits per heavy atom.